The van der Waals surface area contributed by atoms with E-state index in [1.807, 2.05) is 6.92 Å². The molecule has 0 radical (unpaired) electrons. The highest BCUT2D eigenvalue weighted by Gasteiger charge is 2.21. The fourth-order valence-electron chi connectivity index (χ4n) is 1.99. The Bertz CT molecular complexity index is 696. The SMILES string of the molecule is CCCc1cc(NC(=O)c2cc(OC)ccc2[N+](=O)[O-])n[nH]1. The summed E-state index contributed by atoms with van der Waals surface area (Å²) in [6.45, 7) is 2.03. The maximum absolute atomic E-state index is 12.2. The molecule has 0 fully saturated rings. The van der Waals surface area contributed by atoms with Gasteiger partial charge in [-0.1, -0.05) is 13.3 Å². The second-order valence-corrected chi connectivity index (χ2v) is 4.62. The Hall–Kier alpha value is -2.90. The van der Waals surface area contributed by atoms with Crippen LogP contribution in [0.25, 0.3) is 0 Å². The van der Waals surface area contributed by atoms with Gasteiger partial charge in [0.2, 0.25) is 0 Å². The van der Waals surface area contributed by atoms with Crippen molar-refractivity contribution in [2.24, 2.45) is 0 Å². The summed E-state index contributed by atoms with van der Waals surface area (Å²) < 4.78 is 5.00. The number of hydrogen-bond acceptors (Lipinski definition) is 5. The van der Waals surface area contributed by atoms with Gasteiger partial charge in [-0.15, -0.1) is 0 Å². The zero-order valence-corrected chi connectivity index (χ0v) is 12.3. The van der Waals surface area contributed by atoms with Gasteiger partial charge in [0.05, 0.1) is 12.0 Å². The number of aromatic amines is 1. The van der Waals surface area contributed by atoms with Crippen LogP contribution in [0.2, 0.25) is 0 Å². The molecule has 8 nitrogen and oxygen atoms in total. The molecule has 0 atom stereocenters. The Morgan fingerprint density at radius 3 is 2.86 bits per heavy atom. The fourth-order valence-corrected chi connectivity index (χ4v) is 1.99. The number of carbonyl (C=O) groups excluding carboxylic acids is 1. The average molecular weight is 304 g/mol. The van der Waals surface area contributed by atoms with Crippen molar-refractivity contribution in [2.45, 2.75) is 19.8 Å². The summed E-state index contributed by atoms with van der Waals surface area (Å²) in [5, 5.41) is 20.3. The number of nitro groups is 1. The van der Waals surface area contributed by atoms with E-state index in [0.29, 0.717) is 11.6 Å². The van der Waals surface area contributed by atoms with E-state index in [4.69, 9.17) is 4.74 Å². The summed E-state index contributed by atoms with van der Waals surface area (Å²) in [6, 6.07) is 5.70. The minimum absolute atomic E-state index is 0.0793. The normalized spacial score (nSPS) is 10.3. The summed E-state index contributed by atoms with van der Waals surface area (Å²) in [7, 11) is 1.42. The summed E-state index contributed by atoms with van der Waals surface area (Å²) in [4.78, 5) is 22.7. The van der Waals surface area contributed by atoms with E-state index in [9.17, 15) is 14.9 Å². The van der Waals surface area contributed by atoms with Gasteiger partial charge in [0.1, 0.15) is 11.3 Å². The number of aryl methyl sites for hydroxylation is 1. The molecule has 2 N–H and O–H groups in total. The van der Waals surface area contributed by atoms with E-state index in [2.05, 4.69) is 15.5 Å². The standard InChI is InChI=1S/C14H16N4O4/c1-3-4-9-7-13(17-16-9)15-14(19)11-8-10(22-2)5-6-12(11)18(20)21/h5-8H,3-4H2,1-2H3,(H2,15,16,17,19). The summed E-state index contributed by atoms with van der Waals surface area (Å²) >= 11 is 0. The van der Waals surface area contributed by atoms with E-state index in [-0.39, 0.29) is 11.3 Å². The molecule has 8 heteroatoms. The molecule has 0 bridgehead atoms. The average Bonchev–Trinajstić information content (AvgIpc) is 2.94. The summed E-state index contributed by atoms with van der Waals surface area (Å²) in [5.41, 5.74) is 0.518. The molecule has 0 spiro atoms. The van der Waals surface area contributed by atoms with Crippen molar-refractivity contribution in [1.82, 2.24) is 10.2 Å². The van der Waals surface area contributed by atoms with Crippen LogP contribution in [0.1, 0.15) is 29.4 Å². The van der Waals surface area contributed by atoms with Crippen molar-refractivity contribution in [3.8, 4) is 5.75 Å². The first-order valence-electron chi connectivity index (χ1n) is 6.73. The molecule has 1 heterocycles. The van der Waals surface area contributed by atoms with Crippen molar-refractivity contribution >= 4 is 17.4 Å². The van der Waals surface area contributed by atoms with Crippen LogP contribution in [0.5, 0.6) is 5.75 Å². The van der Waals surface area contributed by atoms with Crippen LogP contribution in [0.3, 0.4) is 0 Å². The topological polar surface area (TPSA) is 110 Å². The number of aromatic nitrogens is 2. The number of nitrogens with zero attached hydrogens (tertiary/aromatic N) is 2. The maximum Gasteiger partial charge on any atom is 0.282 e. The van der Waals surface area contributed by atoms with Crippen LogP contribution >= 0.6 is 0 Å². The number of rotatable bonds is 6. The van der Waals surface area contributed by atoms with E-state index >= 15 is 0 Å². The first kappa shape index (κ1) is 15.5. The van der Waals surface area contributed by atoms with Crippen molar-refractivity contribution in [1.29, 1.82) is 0 Å². The van der Waals surface area contributed by atoms with Gasteiger partial charge in [-0.3, -0.25) is 20.0 Å². The van der Waals surface area contributed by atoms with Gasteiger partial charge in [-0.05, 0) is 18.6 Å². The minimum atomic E-state index is -0.611. The Balaban J connectivity index is 2.25. The lowest BCUT2D eigenvalue weighted by atomic mass is 10.1. The van der Waals surface area contributed by atoms with Crippen molar-refractivity contribution in [3.05, 3.63) is 45.6 Å². The predicted molar refractivity (Wildman–Crippen MR) is 80.2 cm³/mol. The lowest BCUT2D eigenvalue weighted by Crippen LogP contribution is -2.14. The van der Waals surface area contributed by atoms with Crippen LogP contribution < -0.4 is 10.1 Å². The molecule has 116 valence electrons. The summed E-state index contributed by atoms with van der Waals surface area (Å²) in [6.07, 6.45) is 1.75. The molecular formula is C14H16N4O4. The quantitative estimate of drug-likeness (QED) is 0.629. The number of hydrogen-bond donors (Lipinski definition) is 2. The molecule has 0 aliphatic carbocycles. The fraction of sp³-hybridized carbons (Fsp3) is 0.286. The molecular weight excluding hydrogens is 288 g/mol. The van der Waals surface area contributed by atoms with Gasteiger partial charge in [0, 0.05) is 17.8 Å². The van der Waals surface area contributed by atoms with E-state index < -0.39 is 10.8 Å². The zero-order valence-electron chi connectivity index (χ0n) is 12.3. The third-order valence-corrected chi connectivity index (χ3v) is 3.04. The van der Waals surface area contributed by atoms with Crippen LogP contribution in [-0.4, -0.2) is 28.1 Å². The molecule has 0 aliphatic rings. The highest BCUT2D eigenvalue weighted by atomic mass is 16.6. The van der Waals surface area contributed by atoms with E-state index in [1.165, 1.54) is 25.3 Å². The molecule has 0 unspecified atom stereocenters. The van der Waals surface area contributed by atoms with E-state index in [1.54, 1.807) is 6.07 Å². The van der Waals surface area contributed by atoms with Gasteiger partial charge in [0.15, 0.2) is 5.82 Å². The number of carbonyl (C=O) groups is 1. The maximum atomic E-state index is 12.2. The van der Waals surface area contributed by atoms with Crippen molar-refractivity contribution < 1.29 is 14.5 Å². The van der Waals surface area contributed by atoms with Crippen LogP contribution in [0.15, 0.2) is 24.3 Å². The first-order chi connectivity index (χ1) is 10.5. The van der Waals surface area contributed by atoms with Gasteiger partial charge in [0.25, 0.3) is 11.6 Å². The van der Waals surface area contributed by atoms with Crippen molar-refractivity contribution in [2.75, 3.05) is 12.4 Å². The largest absolute Gasteiger partial charge is 0.497 e. The number of ether oxygens (including phenoxy) is 1. The van der Waals surface area contributed by atoms with Crippen LogP contribution in [0.4, 0.5) is 11.5 Å². The lowest BCUT2D eigenvalue weighted by molar-refractivity contribution is -0.385. The Morgan fingerprint density at radius 1 is 1.45 bits per heavy atom. The van der Waals surface area contributed by atoms with Gasteiger partial charge in [-0.2, -0.15) is 5.10 Å². The molecule has 1 aromatic heterocycles. The number of methoxy groups -OCH3 is 1. The number of benzene rings is 1. The Kier molecular flexibility index (Phi) is 4.72. The summed E-state index contributed by atoms with van der Waals surface area (Å²) in [5.74, 6) is 0.0789. The molecule has 2 rings (SSSR count). The number of amides is 1. The number of nitro benzene ring substituents is 1. The highest BCUT2D eigenvalue weighted by molar-refractivity contribution is 6.06. The van der Waals surface area contributed by atoms with Gasteiger partial charge < -0.3 is 10.1 Å². The van der Waals surface area contributed by atoms with Crippen LogP contribution in [0, 0.1) is 10.1 Å². The zero-order chi connectivity index (χ0) is 16.1. The molecule has 1 aromatic carbocycles. The van der Waals surface area contributed by atoms with Crippen molar-refractivity contribution in [3.63, 3.8) is 0 Å². The van der Waals surface area contributed by atoms with Crippen LogP contribution in [-0.2, 0) is 6.42 Å². The number of H-pyrrole nitrogens is 1. The third kappa shape index (κ3) is 3.40. The predicted octanol–water partition coefficient (Wildman–Crippen LogP) is 2.53. The number of nitrogens with one attached hydrogen (secondary N) is 2. The number of anilines is 1. The molecule has 2 aromatic rings. The smallest absolute Gasteiger partial charge is 0.282 e. The van der Waals surface area contributed by atoms with Gasteiger partial charge in [-0.25, -0.2) is 0 Å². The highest BCUT2D eigenvalue weighted by Crippen LogP contribution is 2.24. The molecule has 1 amide bonds. The minimum Gasteiger partial charge on any atom is -0.497 e. The Labute approximate surface area is 126 Å². The third-order valence-electron chi connectivity index (χ3n) is 3.04. The first-order valence-corrected chi connectivity index (χ1v) is 6.73. The second kappa shape index (κ2) is 6.70. The molecule has 0 saturated heterocycles. The molecule has 0 aliphatic heterocycles. The van der Waals surface area contributed by atoms with E-state index in [0.717, 1.165) is 18.5 Å². The lowest BCUT2D eigenvalue weighted by Gasteiger charge is -2.05. The second-order valence-electron chi connectivity index (χ2n) is 4.62. The monoisotopic (exact) mass is 304 g/mol. The molecule has 0 saturated carbocycles. The Morgan fingerprint density at radius 2 is 2.23 bits per heavy atom. The molecule has 22 heavy (non-hydrogen) atoms. The van der Waals surface area contributed by atoms with Gasteiger partial charge >= 0.3 is 0 Å².